The molecule has 11 heteroatoms. The minimum Gasteiger partial charge on any atom is -0.442 e. The topological polar surface area (TPSA) is 109 Å². The molecule has 8 nitrogen and oxygen atoms in total. The van der Waals surface area contributed by atoms with Crippen molar-refractivity contribution < 1.29 is 18.7 Å². The van der Waals surface area contributed by atoms with E-state index >= 15 is 0 Å². The van der Waals surface area contributed by atoms with Gasteiger partial charge in [-0.2, -0.15) is 5.10 Å². The first-order chi connectivity index (χ1) is 14.9. The highest BCUT2D eigenvalue weighted by atomic mass is 35.5. The van der Waals surface area contributed by atoms with Gasteiger partial charge in [-0.3, -0.25) is 9.69 Å². The molecule has 3 rings (SSSR count). The molecule has 1 fully saturated rings. The van der Waals surface area contributed by atoms with E-state index in [9.17, 15) is 14.0 Å². The summed E-state index contributed by atoms with van der Waals surface area (Å²) in [6.45, 7) is 0.744. The highest BCUT2D eigenvalue weighted by Crippen LogP contribution is 2.29. The zero-order valence-corrected chi connectivity index (χ0v) is 17.7. The summed E-state index contributed by atoms with van der Waals surface area (Å²) in [6, 6.07) is 11.9. The van der Waals surface area contributed by atoms with Gasteiger partial charge in [-0.25, -0.2) is 9.18 Å². The zero-order valence-electron chi connectivity index (χ0n) is 16.2. The second-order valence-electron chi connectivity index (χ2n) is 6.68. The first-order valence-electron chi connectivity index (χ1n) is 9.27. The molecule has 0 saturated carbocycles. The average Bonchev–Trinajstić information content (AvgIpc) is 3.13. The van der Waals surface area contributed by atoms with Crippen LogP contribution in [0, 0.1) is 5.82 Å². The number of halogens is 3. The first-order valence-corrected chi connectivity index (χ1v) is 10.1. The number of rotatable bonds is 8. The van der Waals surface area contributed by atoms with Crippen molar-refractivity contribution in [1.82, 2.24) is 10.6 Å². The fraction of sp³-hybridized carbons (Fsp3) is 0.250. The summed E-state index contributed by atoms with van der Waals surface area (Å²) in [6.07, 6.45) is 0.162. The molecule has 1 aliphatic rings. The van der Waals surface area contributed by atoms with Crippen molar-refractivity contribution in [3.63, 3.8) is 0 Å². The summed E-state index contributed by atoms with van der Waals surface area (Å²) in [5.74, 6) is 3.97. The molecule has 0 aliphatic carbocycles. The number of nitrogens with two attached hydrogens (primary N) is 1. The summed E-state index contributed by atoms with van der Waals surface area (Å²) in [5.41, 5.74) is 2.43. The third-order valence-electron chi connectivity index (χ3n) is 4.58. The maximum absolute atomic E-state index is 14.8. The Morgan fingerprint density at radius 3 is 2.71 bits per heavy atom. The van der Waals surface area contributed by atoms with Gasteiger partial charge in [-0.15, -0.1) is 0 Å². The summed E-state index contributed by atoms with van der Waals surface area (Å²) in [5, 5.41) is 8.74. The summed E-state index contributed by atoms with van der Waals surface area (Å²) in [4.78, 5) is 23.7. The molecule has 1 aliphatic heterocycles. The molecule has 1 atom stereocenters. The third kappa shape index (κ3) is 5.77. The molecule has 164 valence electrons. The monoisotopic (exact) mass is 467 g/mol. The van der Waals surface area contributed by atoms with Crippen molar-refractivity contribution in [3.05, 3.63) is 53.8 Å². The largest absolute Gasteiger partial charge is 0.442 e. The SMILES string of the molecule is N/N=C\NCc1ccc(-c2ccc(N3C[C@H](CNC(=O)C(Cl)Cl)OC3=O)cc2F)cc1. The van der Waals surface area contributed by atoms with Gasteiger partial charge in [0.25, 0.3) is 5.91 Å². The Morgan fingerprint density at radius 2 is 2.06 bits per heavy atom. The minimum absolute atomic E-state index is 0.0515. The van der Waals surface area contributed by atoms with Crippen molar-refractivity contribution >= 4 is 47.2 Å². The molecule has 2 aromatic carbocycles. The third-order valence-corrected chi connectivity index (χ3v) is 4.97. The maximum atomic E-state index is 14.8. The van der Waals surface area contributed by atoms with Crippen molar-refractivity contribution in [2.75, 3.05) is 18.0 Å². The van der Waals surface area contributed by atoms with E-state index in [0.717, 1.165) is 5.56 Å². The minimum atomic E-state index is -1.21. The highest BCUT2D eigenvalue weighted by Gasteiger charge is 2.33. The van der Waals surface area contributed by atoms with Crippen LogP contribution >= 0.6 is 23.2 Å². The average molecular weight is 468 g/mol. The fourth-order valence-corrected chi connectivity index (χ4v) is 3.21. The molecule has 1 heterocycles. The number of amides is 2. The Bertz CT molecular complexity index is 972. The van der Waals surface area contributed by atoms with Gasteiger partial charge in [0.05, 0.1) is 18.8 Å². The van der Waals surface area contributed by atoms with Crippen LogP contribution in [-0.2, 0) is 16.1 Å². The van der Waals surface area contributed by atoms with Crippen molar-refractivity contribution in [2.45, 2.75) is 17.5 Å². The highest BCUT2D eigenvalue weighted by molar-refractivity contribution is 6.53. The number of hydrogen-bond acceptors (Lipinski definition) is 5. The molecule has 0 radical (unpaired) electrons. The Kier molecular flexibility index (Phi) is 7.54. The maximum Gasteiger partial charge on any atom is 0.414 e. The zero-order chi connectivity index (χ0) is 22.4. The number of nitrogens with one attached hydrogen (secondary N) is 2. The van der Waals surface area contributed by atoms with E-state index in [-0.39, 0.29) is 13.1 Å². The van der Waals surface area contributed by atoms with Gasteiger partial charge in [0.1, 0.15) is 18.3 Å². The second kappa shape index (κ2) is 10.3. The number of cyclic esters (lactones) is 1. The Balaban J connectivity index is 1.66. The number of benzene rings is 2. The number of carbonyl (C=O) groups excluding carboxylic acids is 2. The number of anilines is 1. The van der Waals surface area contributed by atoms with E-state index in [4.69, 9.17) is 33.8 Å². The molecule has 1 saturated heterocycles. The van der Waals surface area contributed by atoms with Gasteiger partial charge in [0.2, 0.25) is 0 Å². The van der Waals surface area contributed by atoms with Crippen LogP contribution in [-0.4, -0.2) is 42.4 Å². The van der Waals surface area contributed by atoms with Gasteiger partial charge in [-0.1, -0.05) is 47.5 Å². The Labute approximate surface area is 188 Å². The molecule has 2 aromatic rings. The molecule has 31 heavy (non-hydrogen) atoms. The number of hydrazone groups is 1. The number of ether oxygens (including phenoxy) is 1. The Morgan fingerprint density at radius 1 is 1.32 bits per heavy atom. The van der Waals surface area contributed by atoms with Gasteiger partial charge < -0.3 is 21.2 Å². The molecule has 4 N–H and O–H groups in total. The van der Waals surface area contributed by atoms with Gasteiger partial charge >= 0.3 is 6.09 Å². The van der Waals surface area contributed by atoms with E-state index in [0.29, 0.717) is 23.4 Å². The van der Waals surface area contributed by atoms with Crippen LogP contribution in [0.3, 0.4) is 0 Å². The van der Waals surface area contributed by atoms with Gasteiger partial charge in [0, 0.05) is 12.1 Å². The van der Waals surface area contributed by atoms with Crippen LogP contribution in [0.15, 0.2) is 47.6 Å². The number of carbonyl (C=O) groups is 2. The normalized spacial score (nSPS) is 16.1. The van der Waals surface area contributed by atoms with Gasteiger partial charge in [0.15, 0.2) is 4.84 Å². The molecule has 0 spiro atoms. The molecular weight excluding hydrogens is 448 g/mol. The van der Waals surface area contributed by atoms with Crippen LogP contribution in [0.2, 0.25) is 0 Å². The second-order valence-corrected chi connectivity index (χ2v) is 7.78. The van der Waals surface area contributed by atoms with E-state index in [2.05, 4.69) is 15.7 Å². The molecule has 2 amide bonds. The van der Waals surface area contributed by atoms with Crippen LogP contribution in [0.25, 0.3) is 11.1 Å². The summed E-state index contributed by atoms with van der Waals surface area (Å²) < 4.78 is 20.0. The van der Waals surface area contributed by atoms with Crippen molar-refractivity contribution in [1.29, 1.82) is 0 Å². The molecular formula is C20H20Cl2FN5O3. The Hall–Kier alpha value is -3.04. The van der Waals surface area contributed by atoms with Gasteiger partial charge in [-0.05, 0) is 29.3 Å². The summed E-state index contributed by atoms with van der Waals surface area (Å²) in [7, 11) is 0. The van der Waals surface area contributed by atoms with E-state index in [1.54, 1.807) is 24.3 Å². The molecule has 0 aromatic heterocycles. The van der Waals surface area contributed by atoms with Crippen molar-refractivity contribution in [2.24, 2.45) is 10.9 Å². The predicted molar refractivity (Wildman–Crippen MR) is 117 cm³/mol. The van der Waals surface area contributed by atoms with Crippen LogP contribution in [0.1, 0.15) is 5.56 Å². The lowest BCUT2D eigenvalue weighted by Crippen LogP contribution is -2.37. The van der Waals surface area contributed by atoms with Crippen LogP contribution < -0.4 is 21.4 Å². The van der Waals surface area contributed by atoms with Crippen molar-refractivity contribution in [3.8, 4) is 11.1 Å². The van der Waals surface area contributed by atoms with Crippen LogP contribution in [0.5, 0.6) is 0 Å². The smallest absolute Gasteiger partial charge is 0.414 e. The standard InChI is InChI=1S/C20H20Cl2FN5O3/c21-18(22)19(29)26-9-15-10-28(20(30)31-15)14-5-6-16(17(23)7-14)13-3-1-12(2-4-13)8-25-11-27-24/h1-7,11,15,18H,8-10,24H2,(H,25,27)(H,26,29)/t15-/m0/s1. The number of alkyl halides is 2. The predicted octanol–water partition coefficient (Wildman–Crippen LogP) is 2.73. The lowest BCUT2D eigenvalue weighted by Gasteiger charge is -2.15. The van der Waals surface area contributed by atoms with E-state index in [1.807, 2.05) is 12.1 Å². The fourth-order valence-electron chi connectivity index (χ4n) is 3.05. The first kappa shape index (κ1) is 22.6. The van der Waals surface area contributed by atoms with Crippen LogP contribution in [0.4, 0.5) is 14.9 Å². The molecule has 0 bridgehead atoms. The lowest BCUT2D eigenvalue weighted by atomic mass is 10.0. The summed E-state index contributed by atoms with van der Waals surface area (Å²) >= 11 is 10.9. The number of nitrogens with zero attached hydrogens (tertiary/aromatic N) is 2. The number of hydrogen-bond donors (Lipinski definition) is 3. The molecule has 0 unspecified atom stereocenters. The lowest BCUT2D eigenvalue weighted by molar-refractivity contribution is -0.119. The van der Waals surface area contributed by atoms with E-state index in [1.165, 1.54) is 17.3 Å². The van der Waals surface area contributed by atoms with E-state index < -0.39 is 28.8 Å². The quantitative estimate of drug-likeness (QED) is 0.182.